The van der Waals surface area contributed by atoms with E-state index in [-0.39, 0.29) is 17.9 Å². The van der Waals surface area contributed by atoms with Crippen LogP contribution in [-0.4, -0.2) is 34.7 Å². The SMILES string of the molecule is C[C@H](OC(=O)C12C[C@@H]3C[C@H](CC(O)(C3)C1)C2)C(=O)NC1CCCCCC1. The fourth-order valence-corrected chi connectivity index (χ4v) is 6.53. The quantitative estimate of drug-likeness (QED) is 0.594. The highest BCUT2D eigenvalue weighted by molar-refractivity contribution is 5.85. The van der Waals surface area contributed by atoms with Crippen LogP contribution in [0.2, 0.25) is 0 Å². The Morgan fingerprint density at radius 1 is 1.04 bits per heavy atom. The van der Waals surface area contributed by atoms with Gasteiger partial charge in [0.25, 0.3) is 5.91 Å². The number of rotatable bonds is 4. The molecule has 26 heavy (non-hydrogen) atoms. The lowest BCUT2D eigenvalue weighted by Crippen LogP contribution is -2.59. The van der Waals surface area contributed by atoms with E-state index in [4.69, 9.17) is 4.74 Å². The molecule has 1 amide bonds. The van der Waals surface area contributed by atoms with E-state index in [1.54, 1.807) is 6.92 Å². The van der Waals surface area contributed by atoms with Gasteiger partial charge in [-0.15, -0.1) is 0 Å². The summed E-state index contributed by atoms with van der Waals surface area (Å²) in [5.41, 5.74) is -1.25. The topological polar surface area (TPSA) is 75.6 Å². The molecule has 0 aliphatic heterocycles. The number of carbonyl (C=O) groups is 2. The molecule has 0 radical (unpaired) electrons. The van der Waals surface area contributed by atoms with Crippen molar-refractivity contribution in [2.75, 3.05) is 0 Å². The van der Waals surface area contributed by atoms with Crippen molar-refractivity contribution in [1.82, 2.24) is 5.32 Å². The average Bonchev–Trinajstić information content (AvgIpc) is 2.81. The minimum atomic E-state index is -0.756. The van der Waals surface area contributed by atoms with E-state index < -0.39 is 17.1 Å². The second-order valence-electron chi connectivity index (χ2n) is 9.71. The summed E-state index contributed by atoms with van der Waals surface area (Å²) in [6.45, 7) is 1.68. The van der Waals surface area contributed by atoms with E-state index in [9.17, 15) is 14.7 Å². The third-order valence-electron chi connectivity index (χ3n) is 7.32. The molecule has 5 aliphatic carbocycles. The number of aliphatic hydroxyl groups is 1. The predicted molar refractivity (Wildman–Crippen MR) is 97.3 cm³/mol. The maximum Gasteiger partial charge on any atom is 0.312 e. The Labute approximate surface area is 156 Å². The molecule has 5 aliphatic rings. The average molecular weight is 363 g/mol. The number of esters is 1. The van der Waals surface area contributed by atoms with Crippen molar-refractivity contribution in [2.45, 2.75) is 102 Å². The second kappa shape index (κ2) is 6.81. The van der Waals surface area contributed by atoms with Gasteiger partial charge in [0.05, 0.1) is 11.0 Å². The Morgan fingerprint density at radius 2 is 1.65 bits per heavy atom. The molecule has 0 aromatic heterocycles. The van der Waals surface area contributed by atoms with Crippen LogP contribution < -0.4 is 5.32 Å². The predicted octanol–water partition coefficient (Wildman–Crippen LogP) is 3.09. The molecule has 0 aromatic carbocycles. The monoisotopic (exact) mass is 363 g/mol. The molecule has 5 fully saturated rings. The van der Waals surface area contributed by atoms with E-state index in [0.29, 0.717) is 18.3 Å². The van der Waals surface area contributed by atoms with Crippen LogP contribution in [0.5, 0.6) is 0 Å². The fraction of sp³-hybridized carbons (Fsp3) is 0.905. The van der Waals surface area contributed by atoms with Gasteiger partial charge < -0.3 is 15.2 Å². The van der Waals surface area contributed by atoms with E-state index >= 15 is 0 Å². The molecular weight excluding hydrogens is 330 g/mol. The second-order valence-corrected chi connectivity index (χ2v) is 9.71. The molecular formula is C21H33NO4. The molecule has 0 unspecified atom stereocenters. The van der Waals surface area contributed by atoms with Gasteiger partial charge in [-0.3, -0.25) is 9.59 Å². The first-order valence-corrected chi connectivity index (χ1v) is 10.6. The van der Waals surface area contributed by atoms with Gasteiger partial charge in [-0.05, 0) is 70.1 Å². The molecule has 5 heteroatoms. The minimum Gasteiger partial charge on any atom is -0.452 e. The molecule has 5 nitrogen and oxygen atoms in total. The van der Waals surface area contributed by atoms with Crippen molar-refractivity contribution < 1.29 is 19.4 Å². The number of carbonyl (C=O) groups excluding carboxylic acids is 2. The van der Waals surface area contributed by atoms with Crippen molar-refractivity contribution in [2.24, 2.45) is 17.3 Å². The van der Waals surface area contributed by atoms with Crippen molar-refractivity contribution in [1.29, 1.82) is 0 Å². The normalized spacial score (nSPS) is 40.7. The summed E-state index contributed by atoms with van der Waals surface area (Å²) in [6.07, 6.45) is 11.0. The Morgan fingerprint density at radius 3 is 2.23 bits per heavy atom. The highest BCUT2D eigenvalue weighted by Gasteiger charge is 2.61. The summed E-state index contributed by atoms with van der Waals surface area (Å²) in [7, 11) is 0. The van der Waals surface area contributed by atoms with Crippen LogP contribution in [0.15, 0.2) is 0 Å². The fourth-order valence-electron chi connectivity index (χ4n) is 6.53. The lowest BCUT2D eigenvalue weighted by atomic mass is 9.48. The number of nitrogens with one attached hydrogen (secondary N) is 1. The Kier molecular flexibility index (Phi) is 4.79. The van der Waals surface area contributed by atoms with Crippen molar-refractivity contribution in [3.05, 3.63) is 0 Å². The molecule has 0 heterocycles. The summed E-state index contributed by atoms with van der Waals surface area (Å²) in [6, 6.07) is 0.214. The molecule has 0 spiro atoms. The number of ether oxygens (including phenoxy) is 1. The molecule has 0 aromatic rings. The van der Waals surface area contributed by atoms with Gasteiger partial charge in [0.15, 0.2) is 6.10 Å². The van der Waals surface area contributed by atoms with Crippen LogP contribution >= 0.6 is 0 Å². The standard InChI is InChI=1S/C21H33NO4/c1-14(18(23)22-17-6-4-2-3-5-7-17)26-19(24)20-9-15-8-16(10-20)12-21(25,11-15)13-20/h14-17,25H,2-13H2,1H3,(H,22,23)/t14-,15-,16-,20?,21?/m0/s1. The molecule has 2 N–H and O–H groups in total. The highest BCUT2D eigenvalue weighted by atomic mass is 16.5. The molecule has 5 saturated carbocycles. The minimum absolute atomic E-state index is 0.173. The highest BCUT2D eigenvalue weighted by Crippen LogP contribution is 2.62. The Hall–Kier alpha value is -1.10. The lowest BCUT2D eigenvalue weighted by Gasteiger charge is -2.58. The zero-order chi connectivity index (χ0) is 18.4. The Balaban J connectivity index is 1.36. The van der Waals surface area contributed by atoms with Crippen molar-refractivity contribution in [3.63, 3.8) is 0 Å². The zero-order valence-corrected chi connectivity index (χ0v) is 16.0. The first-order chi connectivity index (χ1) is 12.4. The van der Waals surface area contributed by atoms with Gasteiger partial charge >= 0.3 is 5.97 Å². The Bertz CT molecular complexity index is 552. The first-order valence-electron chi connectivity index (χ1n) is 10.6. The van der Waals surface area contributed by atoms with Gasteiger partial charge in [0.1, 0.15) is 0 Å². The van der Waals surface area contributed by atoms with Crippen LogP contribution in [-0.2, 0) is 14.3 Å². The van der Waals surface area contributed by atoms with Crippen molar-refractivity contribution >= 4 is 11.9 Å². The van der Waals surface area contributed by atoms with Gasteiger partial charge in [-0.2, -0.15) is 0 Å². The zero-order valence-electron chi connectivity index (χ0n) is 16.0. The number of hydrogen-bond acceptors (Lipinski definition) is 4. The summed E-state index contributed by atoms with van der Waals surface area (Å²) < 4.78 is 5.65. The van der Waals surface area contributed by atoms with Gasteiger partial charge in [-0.1, -0.05) is 25.7 Å². The molecule has 5 rings (SSSR count). The van der Waals surface area contributed by atoms with Crippen LogP contribution in [0, 0.1) is 17.3 Å². The largest absolute Gasteiger partial charge is 0.452 e. The molecule has 0 saturated heterocycles. The molecule has 3 atom stereocenters. The third kappa shape index (κ3) is 3.51. The maximum absolute atomic E-state index is 13.0. The summed E-state index contributed by atoms with van der Waals surface area (Å²) in [4.78, 5) is 25.5. The van der Waals surface area contributed by atoms with Gasteiger partial charge in [0, 0.05) is 6.04 Å². The van der Waals surface area contributed by atoms with Gasteiger partial charge in [-0.25, -0.2) is 0 Å². The summed E-state index contributed by atoms with van der Waals surface area (Å²) >= 11 is 0. The maximum atomic E-state index is 13.0. The summed E-state index contributed by atoms with van der Waals surface area (Å²) in [5, 5.41) is 13.9. The van der Waals surface area contributed by atoms with Crippen LogP contribution in [0.25, 0.3) is 0 Å². The van der Waals surface area contributed by atoms with E-state index in [2.05, 4.69) is 5.32 Å². The van der Waals surface area contributed by atoms with Crippen molar-refractivity contribution in [3.8, 4) is 0 Å². The van der Waals surface area contributed by atoms with E-state index in [1.165, 1.54) is 12.8 Å². The van der Waals surface area contributed by atoms with Crippen LogP contribution in [0.4, 0.5) is 0 Å². The van der Waals surface area contributed by atoms with E-state index in [1.807, 2.05) is 0 Å². The molecule has 4 bridgehead atoms. The smallest absolute Gasteiger partial charge is 0.312 e. The van der Waals surface area contributed by atoms with Gasteiger partial charge in [0.2, 0.25) is 0 Å². The van der Waals surface area contributed by atoms with Crippen LogP contribution in [0.1, 0.15) is 84.0 Å². The van der Waals surface area contributed by atoms with E-state index in [0.717, 1.165) is 57.8 Å². The third-order valence-corrected chi connectivity index (χ3v) is 7.32. The number of hydrogen-bond donors (Lipinski definition) is 2. The molecule has 146 valence electrons. The summed E-state index contributed by atoms with van der Waals surface area (Å²) in [5.74, 6) is 0.440. The number of amides is 1. The lowest BCUT2D eigenvalue weighted by molar-refractivity contribution is -0.200. The first kappa shape index (κ1) is 18.3. The van der Waals surface area contributed by atoms with Crippen LogP contribution in [0.3, 0.4) is 0 Å².